The number of hydrogen-bond donors (Lipinski definition) is 0. The van der Waals surface area contributed by atoms with E-state index in [0.717, 1.165) is 6.08 Å². The van der Waals surface area contributed by atoms with Crippen LogP contribution < -0.4 is 0 Å². The SMILES string of the molecule is C=CC(=O)O[C@H](C#N)C=C. The summed E-state index contributed by atoms with van der Waals surface area (Å²) >= 11 is 0. The molecule has 10 heavy (non-hydrogen) atoms. The van der Waals surface area contributed by atoms with Crippen molar-refractivity contribution in [2.24, 2.45) is 0 Å². The number of nitriles is 1. The minimum absolute atomic E-state index is 0.619. The Kier molecular flexibility index (Phi) is 3.66. The van der Waals surface area contributed by atoms with E-state index in [-0.39, 0.29) is 0 Å². The Morgan fingerprint density at radius 2 is 2.30 bits per heavy atom. The molecule has 0 aliphatic rings. The zero-order chi connectivity index (χ0) is 7.98. The van der Waals surface area contributed by atoms with Gasteiger partial charge < -0.3 is 4.74 Å². The van der Waals surface area contributed by atoms with Gasteiger partial charge in [0.05, 0.1) is 0 Å². The fourth-order valence-corrected chi connectivity index (χ4v) is 0.300. The second kappa shape index (κ2) is 4.33. The van der Waals surface area contributed by atoms with Crippen molar-refractivity contribution in [1.29, 1.82) is 5.26 Å². The van der Waals surface area contributed by atoms with Crippen molar-refractivity contribution in [1.82, 2.24) is 0 Å². The maximum Gasteiger partial charge on any atom is 0.331 e. The number of ether oxygens (including phenoxy) is 1. The molecule has 0 N–H and O–H groups in total. The molecule has 0 aromatic carbocycles. The van der Waals surface area contributed by atoms with Gasteiger partial charge in [-0.25, -0.2) is 4.79 Å². The van der Waals surface area contributed by atoms with E-state index in [9.17, 15) is 4.79 Å². The van der Waals surface area contributed by atoms with Crippen LogP contribution in [0.2, 0.25) is 0 Å². The van der Waals surface area contributed by atoms with Crippen LogP contribution in [0, 0.1) is 11.3 Å². The molecule has 0 heterocycles. The molecule has 0 fully saturated rings. The van der Waals surface area contributed by atoms with Crippen LogP contribution in [0.15, 0.2) is 25.3 Å². The van der Waals surface area contributed by atoms with E-state index in [0.29, 0.717) is 0 Å². The lowest BCUT2D eigenvalue weighted by molar-refractivity contribution is -0.138. The summed E-state index contributed by atoms with van der Waals surface area (Å²) in [4.78, 5) is 10.4. The Balaban J connectivity index is 3.88. The Morgan fingerprint density at radius 3 is 2.60 bits per heavy atom. The van der Waals surface area contributed by atoms with Crippen LogP contribution in [-0.2, 0) is 9.53 Å². The molecule has 0 aromatic rings. The van der Waals surface area contributed by atoms with E-state index in [1.54, 1.807) is 6.07 Å². The van der Waals surface area contributed by atoms with Crippen molar-refractivity contribution < 1.29 is 9.53 Å². The molecule has 52 valence electrons. The van der Waals surface area contributed by atoms with Gasteiger partial charge in [-0.3, -0.25) is 0 Å². The lowest BCUT2D eigenvalue weighted by Gasteiger charge is -2.01. The number of nitrogens with zero attached hydrogens (tertiary/aromatic N) is 1. The van der Waals surface area contributed by atoms with Crippen LogP contribution in [0.1, 0.15) is 0 Å². The zero-order valence-corrected chi connectivity index (χ0v) is 5.41. The summed E-state index contributed by atoms with van der Waals surface area (Å²) in [5.41, 5.74) is 0. The molecule has 0 rings (SSSR count). The smallest absolute Gasteiger partial charge is 0.331 e. The van der Waals surface area contributed by atoms with Gasteiger partial charge in [-0.2, -0.15) is 5.26 Å². The molecule has 0 aliphatic heterocycles. The third-order valence-electron chi connectivity index (χ3n) is 0.751. The summed E-state index contributed by atoms with van der Waals surface area (Å²) in [6.07, 6.45) is 1.36. The summed E-state index contributed by atoms with van der Waals surface area (Å²) in [6.45, 7) is 6.45. The minimum atomic E-state index is -0.870. The second-order valence-electron chi connectivity index (χ2n) is 1.43. The molecule has 0 aliphatic carbocycles. The maximum absolute atomic E-state index is 10.4. The first kappa shape index (κ1) is 8.44. The highest BCUT2D eigenvalue weighted by molar-refractivity contribution is 5.81. The maximum atomic E-state index is 10.4. The normalized spacial score (nSPS) is 10.7. The van der Waals surface area contributed by atoms with Crippen LogP contribution in [0.5, 0.6) is 0 Å². The summed E-state index contributed by atoms with van der Waals surface area (Å²) in [6, 6.07) is 1.71. The Labute approximate surface area is 59.2 Å². The summed E-state index contributed by atoms with van der Waals surface area (Å²) in [5.74, 6) is -0.619. The fourth-order valence-electron chi connectivity index (χ4n) is 0.300. The van der Waals surface area contributed by atoms with Crippen LogP contribution in [0.25, 0.3) is 0 Å². The molecule has 1 atom stereocenters. The highest BCUT2D eigenvalue weighted by Gasteiger charge is 2.04. The average Bonchev–Trinajstić information content (AvgIpc) is 1.99. The molecular formula is C7H7NO2. The quantitative estimate of drug-likeness (QED) is 0.328. The van der Waals surface area contributed by atoms with Gasteiger partial charge >= 0.3 is 5.97 Å². The minimum Gasteiger partial charge on any atom is -0.439 e. The average molecular weight is 137 g/mol. The summed E-state index contributed by atoms with van der Waals surface area (Å²) < 4.78 is 4.46. The van der Waals surface area contributed by atoms with Crippen LogP contribution in [0.4, 0.5) is 0 Å². The lowest BCUT2D eigenvalue weighted by atomic mass is 10.4. The molecule has 0 unspecified atom stereocenters. The van der Waals surface area contributed by atoms with Crippen molar-refractivity contribution in [2.75, 3.05) is 0 Å². The van der Waals surface area contributed by atoms with Gasteiger partial charge in [-0.15, -0.1) is 0 Å². The van der Waals surface area contributed by atoms with E-state index in [1.807, 2.05) is 0 Å². The molecule has 0 aromatic heterocycles. The van der Waals surface area contributed by atoms with Crippen molar-refractivity contribution >= 4 is 5.97 Å². The van der Waals surface area contributed by atoms with Crippen molar-refractivity contribution in [2.45, 2.75) is 6.10 Å². The van der Waals surface area contributed by atoms with Gasteiger partial charge in [0.2, 0.25) is 6.10 Å². The van der Waals surface area contributed by atoms with E-state index >= 15 is 0 Å². The first-order valence-corrected chi connectivity index (χ1v) is 2.59. The first-order valence-electron chi connectivity index (χ1n) is 2.59. The molecule has 0 spiro atoms. The molecule has 0 saturated heterocycles. The molecule has 3 heteroatoms. The number of hydrogen-bond acceptors (Lipinski definition) is 3. The molecular weight excluding hydrogens is 130 g/mol. The van der Waals surface area contributed by atoms with Crippen LogP contribution in [0.3, 0.4) is 0 Å². The standard InChI is InChI=1S/C7H7NO2/c1-3-6(5-8)10-7(9)4-2/h3-4,6H,1-2H2/t6-/m0/s1. The van der Waals surface area contributed by atoms with Crippen molar-refractivity contribution in [3.8, 4) is 6.07 Å². The van der Waals surface area contributed by atoms with Crippen molar-refractivity contribution in [3.63, 3.8) is 0 Å². The molecule has 3 nitrogen and oxygen atoms in total. The molecule has 0 radical (unpaired) electrons. The monoisotopic (exact) mass is 137 g/mol. The van der Waals surface area contributed by atoms with E-state index in [1.165, 1.54) is 6.08 Å². The summed E-state index contributed by atoms with van der Waals surface area (Å²) in [5, 5.41) is 8.24. The van der Waals surface area contributed by atoms with Crippen molar-refractivity contribution in [3.05, 3.63) is 25.3 Å². The zero-order valence-electron chi connectivity index (χ0n) is 5.41. The molecule has 0 bridgehead atoms. The topological polar surface area (TPSA) is 50.1 Å². The Bertz CT molecular complexity index is 190. The van der Waals surface area contributed by atoms with Gasteiger partial charge in [-0.1, -0.05) is 13.2 Å². The van der Waals surface area contributed by atoms with Crippen LogP contribution >= 0.6 is 0 Å². The van der Waals surface area contributed by atoms with Crippen LogP contribution in [-0.4, -0.2) is 12.1 Å². The molecule has 0 amide bonds. The van der Waals surface area contributed by atoms with Gasteiger partial charge in [0.1, 0.15) is 6.07 Å². The summed E-state index contributed by atoms with van der Waals surface area (Å²) in [7, 11) is 0. The first-order chi connectivity index (χ1) is 4.74. The highest BCUT2D eigenvalue weighted by atomic mass is 16.5. The largest absolute Gasteiger partial charge is 0.439 e. The van der Waals surface area contributed by atoms with E-state index in [2.05, 4.69) is 17.9 Å². The Hall–Kier alpha value is -1.56. The second-order valence-corrected chi connectivity index (χ2v) is 1.43. The Morgan fingerprint density at radius 1 is 1.70 bits per heavy atom. The third kappa shape index (κ3) is 2.68. The number of carbonyl (C=O) groups is 1. The van der Waals surface area contributed by atoms with E-state index < -0.39 is 12.1 Å². The number of rotatable bonds is 3. The highest BCUT2D eigenvalue weighted by Crippen LogP contribution is 1.91. The number of esters is 1. The predicted octanol–water partition coefficient (Wildman–Crippen LogP) is 0.794. The fraction of sp³-hybridized carbons (Fsp3) is 0.143. The van der Waals surface area contributed by atoms with Gasteiger partial charge in [0, 0.05) is 6.08 Å². The third-order valence-corrected chi connectivity index (χ3v) is 0.751. The molecule has 0 saturated carbocycles. The lowest BCUT2D eigenvalue weighted by Crippen LogP contribution is -2.11. The van der Waals surface area contributed by atoms with E-state index in [4.69, 9.17) is 5.26 Å². The van der Waals surface area contributed by atoms with Gasteiger partial charge in [0.25, 0.3) is 0 Å². The predicted molar refractivity (Wildman–Crippen MR) is 35.9 cm³/mol. The van der Waals surface area contributed by atoms with Gasteiger partial charge in [0.15, 0.2) is 0 Å². The number of carbonyl (C=O) groups excluding carboxylic acids is 1. The van der Waals surface area contributed by atoms with Gasteiger partial charge in [-0.05, 0) is 6.08 Å².